The molecule has 0 aliphatic rings. The molecule has 3 heteroatoms. The summed E-state index contributed by atoms with van der Waals surface area (Å²) in [6, 6.07) is 4.19. The molecule has 0 fully saturated rings. The first kappa shape index (κ1) is 14.0. The Balaban J connectivity index is 2.49. The third-order valence-corrected chi connectivity index (χ3v) is 2.83. The summed E-state index contributed by atoms with van der Waals surface area (Å²) in [4.78, 5) is 4.37. The van der Waals surface area contributed by atoms with Crippen LogP contribution < -0.4 is 10.5 Å². The normalized spacial score (nSPS) is 14.4. The Labute approximate surface area is 104 Å². The molecule has 0 bridgehead atoms. The highest BCUT2D eigenvalue weighted by Gasteiger charge is 2.05. The van der Waals surface area contributed by atoms with E-state index in [0.717, 1.165) is 37.1 Å². The Morgan fingerprint density at radius 2 is 2.12 bits per heavy atom. The summed E-state index contributed by atoms with van der Waals surface area (Å²) in [5, 5.41) is 0. The maximum Gasteiger partial charge on any atom is 0.138 e. The smallest absolute Gasteiger partial charge is 0.138 e. The van der Waals surface area contributed by atoms with Gasteiger partial charge in [0.05, 0.1) is 12.3 Å². The zero-order valence-corrected chi connectivity index (χ0v) is 11.1. The molecule has 0 spiro atoms. The van der Waals surface area contributed by atoms with Gasteiger partial charge in [0.2, 0.25) is 0 Å². The molecule has 2 atom stereocenters. The van der Waals surface area contributed by atoms with Gasteiger partial charge in [0, 0.05) is 18.2 Å². The van der Waals surface area contributed by atoms with Crippen molar-refractivity contribution in [1.29, 1.82) is 0 Å². The minimum absolute atomic E-state index is 0.202. The number of rotatable bonds is 7. The van der Waals surface area contributed by atoms with Crippen LogP contribution in [0.4, 0.5) is 0 Å². The van der Waals surface area contributed by atoms with E-state index in [1.807, 2.05) is 12.1 Å². The van der Waals surface area contributed by atoms with E-state index in [4.69, 9.17) is 10.5 Å². The SMILES string of the molecule is CCCC(C)Oc1ccc(CC(N)CC)nc1. The van der Waals surface area contributed by atoms with Crippen LogP contribution in [-0.2, 0) is 6.42 Å². The van der Waals surface area contributed by atoms with Crippen LogP contribution in [0.15, 0.2) is 18.3 Å². The average Bonchev–Trinajstić information content (AvgIpc) is 2.32. The first-order chi connectivity index (χ1) is 8.15. The van der Waals surface area contributed by atoms with Crippen LogP contribution in [0.2, 0.25) is 0 Å². The van der Waals surface area contributed by atoms with Gasteiger partial charge in [0.15, 0.2) is 0 Å². The molecule has 0 saturated heterocycles. The molecule has 0 aliphatic carbocycles. The molecule has 0 saturated carbocycles. The van der Waals surface area contributed by atoms with Gasteiger partial charge in [-0.3, -0.25) is 4.98 Å². The topological polar surface area (TPSA) is 48.1 Å². The number of hydrogen-bond acceptors (Lipinski definition) is 3. The first-order valence-corrected chi connectivity index (χ1v) is 6.52. The molecule has 1 rings (SSSR count). The van der Waals surface area contributed by atoms with Crippen molar-refractivity contribution in [3.05, 3.63) is 24.0 Å². The Kier molecular flexibility index (Phi) is 5.98. The second kappa shape index (κ2) is 7.28. The van der Waals surface area contributed by atoms with Crippen molar-refractivity contribution < 1.29 is 4.74 Å². The largest absolute Gasteiger partial charge is 0.489 e. The Morgan fingerprint density at radius 1 is 1.35 bits per heavy atom. The second-order valence-corrected chi connectivity index (χ2v) is 4.57. The fraction of sp³-hybridized carbons (Fsp3) is 0.643. The lowest BCUT2D eigenvalue weighted by Crippen LogP contribution is -2.21. The van der Waals surface area contributed by atoms with Gasteiger partial charge in [-0.15, -0.1) is 0 Å². The molecule has 0 aliphatic heterocycles. The van der Waals surface area contributed by atoms with Gasteiger partial charge in [-0.1, -0.05) is 20.3 Å². The molecule has 0 amide bonds. The van der Waals surface area contributed by atoms with E-state index < -0.39 is 0 Å². The molecular weight excluding hydrogens is 212 g/mol. The first-order valence-electron chi connectivity index (χ1n) is 6.52. The highest BCUT2D eigenvalue weighted by atomic mass is 16.5. The van der Waals surface area contributed by atoms with Crippen LogP contribution in [0, 0.1) is 0 Å². The van der Waals surface area contributed by atoms with Gasteiger partial charge in [0.1, 0.15) is 5.75 Å². The lowest BCUT2D eigenvalue weighted by Gasteiger charge is -2.14. The fourth-order valence-corrected chi connectivity index (χ4v) is 1.71. The summed E-state index contributed by atoms with van der Waals surface area (Å²) < 4.78 is 5.75. The zero-order valence-electron chi connectivity index (χ0n) is 11.1. The molecule has 1 heterocycles. The van der Waals surface area contributed by atoms with Crippen LogP contribution >= 0.6 is 0 Å². The highest BCUT2D eigenvalue weighted by molar-refractivity contribution is 5.20. The van der Waals surface area contributed by atoms with E-state index in [2.05, 4.69) is 25.8 Å². The molecule has 0 radical (unpaired) electrons. The molecule has 1 aromatic rings. The van der Waals surface area contributed by atoms with Crippen LogP contribution in [0.3, 0.4) is 0 Å². The number of nitrogens with two attached hydrogens (primary N) is 1. The average molecular weight is 236 g/mol. The van der Waals surface area contributed by atoms with Crippen LogP contribution in [-0.4, -0.2) is 17.1 Å². The number of hydrogen-bond donors (Lipinski definition) is 1. The summed E-state index contributed by atoms with van der Waals surface area (Å²) >= 11 is 0. The van der Waals surface area contributed by atoms with Gasteiger partial charge in [-0.25, -0.2) is 0 Å². The quantitative estimate of drug-likeness (QED) is 0.792. The van der Waals surface area contributed by atoms with Gasteiger partial charge < -0.3 is 10.5 Å². The Morgan fingerprint density at radius 3 is 2.65 bits per heavy atom. The third-order valence-electron chi connectivity index (χ3n) is 2.83. The molecule has 96 valence electrons. The lowest BCUT2D eigenvalue weighted by molar-refractivity contribution is 0.209. The van der Waals surface area contributed by atoms with E-state index in [1.165, 1.54) is 0 Å². The fourth-order valence-electron chi connectivity index (χ4n) is 1.71. The summed E-state index contributed by atoms with van der Waals surface area (Å²) in [6.07, 6.45) is 6.07. The summed E-state index contributed by atoms with van der Waals surface area (Å²) in [5.41, 5.74) is 6.93. The van der Waals surface area contributed by atoms with Crippen molar-refractivity contribution in [1.82, 2.24) is 4.98 Å². The number of pyridine rings is 1. The minimum atomic E-state index is 0.202. The predicted molar refractivity (Wildman–Crippen MR) is 71.2 cm³/mol. The Hall–Kier alpha value is -1.09. The van der Waals surface area contributed by atoms with Crippen molar-refractivity contribution in [3.63, 3.8) is 0 Å². The van der Waals surface area contributed by atoms with E-state index in [9.17, 15) is 0 Å². The minimum Gasteiger partial charge on any atom is -0.489 e. The molecule has 3 nitrogen and oxygen atoms in total. The number of nitrogens with zero attached hydrogens (tertiary/aromatic N) is 1. The third kappa shape index (κ3) is 5.18. The maximum absolute atomic E-state index is 5.89. The zero-order chi connectivity index (χ0) is 12.7. The molecule has 2 N–H and O–H groups in total. The van der Waals surface area contributed by atoms with Crippen LogP contribution in [0.5, 0.6) is 5.75 Å². The molecule has 1 aromatic heterocycles. The van der Waals surface area contributed by atoms with E-state index in [0.29, 0.717) is 0 Å². The highest BCUT2D eigenvalue weighted by Crippen LogP contribution is 2.14. The van der Waals surface area contributed by atoms with Crippen LogP contribution in [0.25, 0.3) is 0 Å². The number of ether oxygens (including phenoxy) is 1. The van der Waals surface area contributed by atoms with Gasteiger partial charge >= 0.3 is 0 Å². The summed E-state index contributed by atoms with van der Waals surface area (Å²) in [6.45, 7) is 6.34. The van der Waals surface area contributed by atoms with Crippen molar-refractivity contribution in [2.45, 2.75) is 58.6 Å². The lowest BCUT2D eigenvalue weighted by atomic mass is 10.1. The molecular formula is C14H24N2O. The second-order valence-electron chi connectivity index (χ2n) is 4.57. The predicted octanol–water partition coefficient (Wildman–Crippen LogP) is 2.93. The summed E-state index contributed by atoms with van der Waals surface area (Å²) in [7, 11) is 0. The van der Waals surface area contributed by atoms with Crippen molar-refractivity contribution in [3.8, 4) is 5.75 Å². The summed E-state index contributed by atoms with van der Waals surface area (Å²) in [5.74, 6) is 0.847. The monoisotopic (exact) mass is 236 g/mol. The standard InChI is InChI=1S/C14H24N2O/c1-4-6-11(3)17-14-8-7-13(16-10-14)9-12(15)5-2/h7-8,10-12H,4-6,9,15H2,1-3H3. The van der Waals surface area contributed by atoms with Crippen molar-refractivity contribution in [2.24, 2.45) is 5.73 Å². The molecule has 2 unspecified atom stereocenters. The van der Waals surface area contributed by atoms with Gasteiger partial charge in [0.25, 0.3) is 0 Å². The van der Waals surface area contributed by atoms with Gasteiger partial charge in [-0.05, 0) is 31.9 Å². The molecule has 17 heavy (non-hydrogen) atoms. The van der Waals surface area contributed by atoms with Crippen molar-refractivity contribution >= 4 is 0 Å². The van der Waals surface area contributed by atoms with E-state index in [1.54, 1.807) is 6.20 Å². The van der Waals surface area contributed by atoms with Crippen molar-refractivity contribution in [2.75, 3.05) is 0 Å². The van der Waals surface area contributed by atoms with E-state index >= 15 is 0 Å². The number of aromatic nitrogens is 1. The maximum atomic E-state index is 5.89. The van der Waals surface area contributed by atoms with E-state index in [-0.39, 0.29) is 12.1 Å². The molecule has 0 aromatic carbocycles. The van der Waals surface area contributed by atoms with Gasteiger partial charge in [-0.2, -0.15) is 0 Å². The van der Waals surface area contributed by atoms with Crippen LogP contribution in [0.1, 0.15) is 45.7 Å². The Bertz CT molecular complexity index is 311.